The molecule has 0 aliphatic heterocycles. The fourth-order valence-corrected chi connectivity index (χ4v) is 3.61. The number of nitrogens with one attached hydrogen (secondary N) is 1. The van der Waals surface area contributed by atoms with Crippen molar-refractivity contribution in [2.75, 3.05) is 0 Å². The number of hydrogen-bond donors (Lipinski definition) is 1. The Morgan fingerprint density at radius 2 is 1.45 bits per heavy atom. The van der Waals surface area contributed by atoms with Crippen LogP contribution in [0.2, 0.25) is 0 Å². The molecular formula is C19H28BrNO. The monoisotopic (exact) mass is 365 g/mol. The van der Waals surface area contributed by atoms with Crippen molar-refractivity contribution in [3.05, 3.63) is 34.3 Å². The lowest BCUT2D eigenvalue weighted by molar-refractivity contribution is 0.0931. The van der Waals surface area contributed by atoms with E-state index in [1.165, 1.54) is 57.8 Å². The highest BCUT2D eigenvalue weighted by Crippen LogP contribution is 2.18. The first-order chi connectivity index (χ1) is 10.8. The molecule has 1 N–H and O–H groups in total. The largest absolute Gasteiger partial charge is 0.349 e. The molecule has 0 saturated heterocycles. The highest BCUT2D eigenvalue weighted by Gasteiger charge is 2.14. The van der Waals surface area contributed by atoms with E-state index in [9.17, 15) is 4.79 Å². The Morgan fingerprint density at radius 3 is 2.00 bits per heavy atom. The van der Waals surface area contributed by atoms with E-state index in [0.29, 0.717) is 6.04 Å². The molecule has 1 aromatic carbocycles. The molecular weight excluding hydrogens is 338 g/mol. The van der Waals surface area contributed by atoms with Gasteiger partial charge in [0.05, 0.1) is 0 Å². The summed E-state index contributed by atoms with van der Waals surface area (Å²) in [5, 5.41) is 3.25. The lowest BCUT2D eigenvalue weighted by Crippen LogP contribution is -2.34. The maximum absolute atomic E-state index is 12.4. The number of hydrogen-bond acceptors (Lipinski definition) is 1. The summed E-state index contributed by atoms with van der Waals surface area (Å²) < 4.78 is 0.957. The Bertz CT molecular complexity index is 449. The number of benzene rings is 1. The minimum absolute atomic E-state index is 0.0680. The molecule has 0 unspecified atom stereocenters. The van der Waals surface area contributed by atoms with Crippen LogP contribution in [0.1, 0.15) is 81.0 Å². The van der Waals surface area contributed by atoms with Crippen molar-refractivity contribution < 1.29 is 4.79 Å². The van der Waals surface area contributed by atoms with Crippen LogP contribution in [0.25, 0.3) is 0 Å². The van der Waals surface area contributed by atoms with Gasteiger partial charge in [-0.1, -0.05) is 79.8 Å². The van der Waals surface area contributed by atoms with Gasteiger partial charge in [0, 0.05) is 16.1 Å². The average Bonchev–Trinajstić information content (AvgIpc) is 2.50. The van der Waals surface area contributed by atoms with Crippen LogP contribution in [0, 0.1) is 0 Å². The Hall–Kier alpha value is -0.830. The Kier molecular flexibility index (Phi) is 8.00. The van der Waals surface area contributed by atoms with Crippen LogP contribution in [0.15, 0.2) is 28.7 Å². The molecule has 122 valence electrons. The van der Waals surface area contributed by atoms with Crippen LogP contribution >= 0.6 is 15.9 Å². The summed E-state index contributed by atoms with van der Waals surface area (Å²) in [7, 11) is 0. The van der Waals surface area contributed by atoms with Crippen molar-refractivity contribution in [3.8, 4) is 0 Å². The Labute approximate surface area is 143 Å². The SMILES string of the molecule is O=C(NC1CCCCCCCCCCC1)c1cccc(Br)c1. The van der Waals surface area contributed by atoms with Crippen molar-refractivity contribution in [2.45, 2.75) is 76.7 Å². The summed E-state index contributed by atoms with van der Waals surface area (Å²) in [6.07, 6.45) is 14.2. The molecule has 22 heavy (non-hydrogen) atoms. The highest BCUT2D eigenvalue weighted by molar-refractivity contribution is 9.10. The van der Waals surface area contributed by atoms with Crippen LogP contribution in [0.3, 0.4) is 0 Å². The van der Waals surface area contributed by atoms with Gasteiger partial charge in [-0.2, -0.15) is 0 Å². The Morgan fingerprint density at radius 1 is 0.909 bits per heavy atom. The molecule has 0 heterocycles. The zero-order valence-corrected chi connectivity index (χ0v) is 15.0. The number of carbonyl (C=O) groups excluding carboxylic acids is 1. The van der Waals surface area contributed by atoms with Gasteiger partial charge in [-0.05, 0) is 31.0 Å². The smallest absolute Gasteiger partial charge is 0.251 e. The van der Waals surface area contributed by atoms with E-state index in [1.807, 2.05) is 24.3 Å². The molecule has 3 heteroatoms. The molecule has 0 atom stereocenters. The van der Waals surface area contributed by atoms with E-state index in [-0.39, 0.29) is 5.91 Å². The molecule has 1 fully saturated rings. The molecule has 1 amide bonds. The number of rotatable bonds is 2. The Balaban J connectivity index is 1.87. The zero-order chi connectivity index (χ0) is 15.6. The van der Waals surface area contributed by atoms with Crippen molar-refractivity contribution in [2.24, 2.45) is 0 Å². The van der Waals surface area contributed by atoms with Gasteiger partial charge in [0.25, 0.3) is 5.91 Å². The van der Waals surface area contributed by atoms with Gasteiger partial charge in [-0.3, -0.25) is 4.79 Å². The molecule has 2 nitrogen and oxygen atoms in total. The second kappa shape index (κ2) is 10.0. The van der Waals surface area contributed by atoms with Gasteiger partial charge >= 0.3 is 0 Å². The van der Waals surface area contributed by atoms with Crippen LogP contribution in [0.5, 0.6) is 0 Å². The third-order valence-corrected chi connectivity index (χ3v) is 5.02. The van der Waals surface area contributed by atoms with Crippen molar-refractivity contribution >= 4 is 21.8 Å². The first-order valence-electron chi connectivity index (χ1n) is 8.82. The van der Waals surface area contributed by atoms with Gasteiger partial charge < -0.3 is 5.32 Å². The van der Waals surface area contributed by atoms with Gasteiger partial charge in [0.2, 0.25) is 0 Å². The minimum Gasteiger partial charge on any atom is -0.349 e. The van der Waals surface area contributed by atoms with Crippen molar-refractivity contribution in [1.82, 2.24) is 5.32 Å². The van der Waals surface area contributed by atoms with E-state index < -0.39 is 0 Å². The fourth-order valence-electron chi connectivity index (χ4n) is 3.21. The first kappa shape index (κ1) is 17.5. The third-order valence-electron chi connectivity index (χ3n) is 4.53. The minimum atomic E-state index is 0.0680. The number of halogens is 1. The summed E-state index contributed by atoms with van der Waals surface area (Å²) in [4.78, 5) is 12.4. The quantitative estimate of drug-likeness (QED) is 0.699. The van der Waals surface area contributed by atoms with Gasteiger partial charge in [0.15, 0.2) is 0 Å². The lowest BCUT2D eigenvalue weighted by Gasteiger charge is -2.19. The van der Waals surface area contributed by atoms with E-state index in [0.717, 1.165) is 22.9 Å². The predicted molar refractivity (Wildman–Crippen MR) is 96.2 cm³/mol. The topological polar surface area (TPSA) is 29.1 Å². The summed E-state index contributed by atoms with van der Waals surface area (Å²) >= 11 is 3.43. The molecule has 1 aromatic rings. The second-order valence-corrected chi connectivity index (χ2v) is 7.36. The van der Waals surface area contributed by atoms with Crippen LogP contribution in [0.4, 0.5) is 0 Å². The fraction of sp³-hybridized carbons (Fsp3) is 0.632. The maximum atomic E-state index is 12.4. The summed E-state index contributed by atoms with van der Waals surface area (Å²) in [5.74, 6) is 0.0680. The van der Waals surface area contributed by atoms with Crippen LogP contribution < -0.4 is 5.32 Å². The number of amides is 1. The van der Waals surface area contributed by atoms with Crippen LogP contribution in [-0.4, -0.2) is 11.9 Å². The molecule has 1 aliphatic carbocycles. The van der Waals surface area contributed by atoms with Crippen LogP contribution in [-0.2, 0) is 0 Å². The lowest BCUT2D eigenvalue weighted by atomic mass is 9.97. The van der Waals surface area contributed by atoms with E-state index in [1.54, 1.807) is 0 Å². The standard InChI is InChI=1S/C19H28BrNO/c20-17-12-10-11-16(15-17)19(22)21-18-13-8-6-4-2-1-3-5-7-9-14-18/h10-12,15,18H,1-9,13-14H2,(H,21,22). The predicted octanol–water partition coefficient (Wildman–Crippen LogP) is 5.85. The van der Waals surface area contributed by atoms with E-state index in [4.69, 9.17) is 0 Å². The van der Waals surface area contributed by atoms with Crippen molar-refractivity contribution in [1.29, 1.82) is 0 Å². The molecule has 2 rings (SSSR count). The van der Waals surface area contributed by atoms with Gasteiger partial charge in [-0.15, -0.1) is 0 Å². The molecule has 0 spiro atoms. The molecule has 1 aliphatic rings. The normalized spacial score (nSPS) is 19.0. The van der Waals surface area contributed by atoms with Gasteiger partial charge in [-0.25, -0.2) is 0 Å². The maximum Gasteiger partial charge on any atom is 0.251 e. The summed E-state index contributed by atoms with van der Waals surface area (Å²) in [5.41, 5.74) is 0.750. The van der Waals surface area contributed by atoms with E-state index in [2.05, 4.69) is 21.2 Å². The summed E-state index contributed by atoms with van der Waals surface area (Å²) in [6, 6.07) is 7.98. The molecule has 0 aromatic heterocycles. The second-order valence-electron chi connectivity index (χ2n) is 6.44. The average molecular weight is 366 g/mol. The molecule has 0 bridgehead atoms. The summed E-state index contributed by atoms with van der Waals surface area (Å²) in [6.45, 7) is 0. The first-order valence-corrected chi connectivity index (χ1v) is 9.61. The molecule has 1 saturated carbocycles. The molecule has 0 radical (unpaired) electrons. The van der Waals surface area contributed by atoms with E-state index >= 15 is 0 Å². The zero-order valence-electron chi connectivity index (χ0n) is 13.5. The number of carbonyl (C=O) groups is 1. The third kappa shape index (κ3) is 6.51. The van der Waals surface area contributed by atoms with Crippen molar-refractivity contribution in [3.63, 3.8) is 0 Å². The highest BCUT2D eigenvalue weighted by atomic mass is 79.9. The van der Waals surface area contributed by atoms with Gasteiger partial charge in [0.1, 0.15) is 0 Å².